The monoisotopic (exact) mass is 665 g/mol. The van der Waals surface area contributed by atoms with Crippen molar-refractivity contribution in [2.24, 2.45) is 0 Å². The zero-order valence-corrected chi connectivity index (χ0v) is 27.4. The maximum absolute atomic E-state index is 13.1. The number of hydrogen-bond donors (Lipinski definition) is 2. The van der Waals surface area contributed by atoms with Crippen molar-refractivity contribution in [1.29, 1.82) is 0 Å². The van der Waals surface area contributed by atoms with Gasteiger partial charge in [0, 0.05) is 6.54 Å². The fraction of sp³-hybridized carbons (Fsp3) is 0.312. The highest BCUT2D eigenvalue weighted by molar-refractivity contribution is 7.99. The molecular weight excluding hydrogens is 631 g/mol. The van der Waals surface area contributed by atoms with Gasteiger partial charge in [-0.15, -0.1) is 21.5 Å². The molecule has 12 nitrogen and oxygen atoms in total. The Labute approximate surface area is 274 Å². The molecule has 0 saturated heterocycles. The lowest BCUT2D eigenvalue weighted by atomic mass is 10.1. The number of hydrogen-bond acceptors (Lipinski definition) is 11. The Balaban J connectivity index is 1.45. The van der Waals surface area contributed by atoms with Crippen LogP contribution < -0.4 is 15.4 Å². The largest absolute Gasteiger partial charge is 0.484 e. The molecule has 0 spiro atoms. The number of anilines is 1. The van der Waals surface area contributed by atoms with Crippen molar-refractivity contribution in [1.82, 2.24) is 20.1 Å². The Morgan fingerprint density at radius 2 is 1.57 bits per heavy atom. The number of thioether (sulfide) groups is 1. The number of thiophene rings is 1. The van der Waals surface area contributed by atoms with Crippen molar-refractivity contribution in [2.45, 2.75) is 45.4 Å². The Bertz CT molecular complexity index is 1640. The number of ether oxygens (including phenoxy) is 3. The van der Waals surface area contributed by atoms with Crippen molar-refractivity contribution >= 4 is 51.9 Å². The number of carbonyl (C=O) groups excluding carboxylic acids is 4. The van der Waals surface area contributed by atoms with Crippen LogP contribution in [0.15, 0.2) is 65.8 Å². The maximum Gasteiger partial charge on any atom is 0.348 e. The van der Waals surface area contributed by atoms with Gasteiger partial charge in [-0.3, -0.25) is 9.59 Å². The Morgan fingerprint density at radius 3 is 2.26 bits per heavy atom. The molecule has 242 valence electrons. The average molecular weight is 666 g/mol. The molecular formula is C32H35N5O7S2. The first kappa shape index (κ1) is 34.2. The molecule has 2 heterocycles. The van der Waals surface area contributed by atoms with E-state index in [-0.39, 0.29) is 53.5 Å². The van der Waals surface area contributed by atoms with Crippen molar-refractivity contribution in [3.05, 3.63) is 88.1 Å². The van der Waals surface area contributed by atoms with E-state index in [2.05, 4.69) is 20.8 Å². The van der Waals surface area contributed by atoms with Crippen LogP contribution >= 0.6 is 23.1 Å². The molecule has 0 aliphatic carbocycles. The van der Waals surface area contributed by atoms with Gasteiger partial charge in [-0.25, -0.2) is 9.59 Å². The van der Waals surface area contributed by atoms with Crippen LogP contribution in [-0.2, 0) is 38.6 Å². The van der Waals surface area contributed by atoms with E-state index in [0.717, 1.165) is 28.7 Å². The third-order valence-corrected chi connectivity index (χ3v) is 8.64. The predicted octanol–water partition coefficient (Wildman–Crippen LogP) is 4.67. The first-order valence-corrected chi connectivity index (χ1v) is 16.4. The van der Waals surface area contributed by atoms with Gasteiger partial charge >= 0.3 is 11.9 Å². The van der Waals surface area contributed by atoms with Gasteiger partial charge < -0.3 is 29.4 Å². The zero-order valence-electron chi connectivity index (χ0n) is 25.7. The van der Waals surface area contributed by atoms with Gasteiger partial charge in [0.2, 0.25) is 5.91 Å². The lowest BCUT2D eigenvalue weighted by Crippen LogP contribution is -2.29. The third-order valence-electron chi connectivity index (χ3n) is 6.49. The van der Waals surface area contributed by atoms with E-state index in [1.807, 2.05) is 53.1 Å². The highest BCUT2D eigenvalue weighted by Crippen LogP contribution is 2.34. The summed E-state index contributed by atoms with van der Waals surface area (Å²) in [6.45, 7) is 5.74. The van der Waals surface area contributed by atoms with E-state index in [1.54, 1.807) is 32.9 Å². The minimum atomic E-state index is -0.642. The van der Waals surface area contributed by atoms with Crippen LogP contribution in [0.4, 0.5) is 5.00 Å². The number of nitrogens with one attached hydrogen (secondary N) is 2. The van der Waals surface area contributed by atoms with Crippen molar-refractivity contribution < 1.29 is 33.4 Å². The summed E-state index contributed by atoms with van der Waals surface area (Å²) in [5, 5.41) is 14.8. The Hall–Kier alpha value is -4.69. The van der Waals surface area contributed by atoms with E-state index in [0.29, 0.717) is 35.3 Å². The van der Waals surface area contributed by atoms with Gasteiger partial charge in [0.05, 0.1) is 31.1 Å². The van der Waals surface area contributed by atoms with Crippen LogP contribution in [-0.4, -0.2) is 64.1 Å². The molecule has 0 atom stereocenters. The second kappa shape index (κ2) is 17.1. The minimum Gasteiger partial charge on any atom is -0.484 e. The molecule has 0 unspecified atom stereocenters. The van der Waals surface area contributed by atoms with Gasteiger partial charge in [-0.05, 0) is 50.5 Å². The number of benzene rings is 2. The average Bonchev–Trinajstić information content (AvgIpc) is 3.61. The van der Waals surface area contributed by atoms with Crippen LogP contribution in [0.2, 0.25) is 0 Å². The predicted molar refractivity (Wildman–Crippen MR) is 174 cm³/mol. The third kappa shape index (κ3) is 9.41. The lowest BCUT2D eigenvalue weighted by Gasteiger charge is -2.12. The van der Waals surface area contributed by atoms with Gasteiger partial charge in [-0.2, -0.15) is 0 Å². The van der Waals surface area contributed by atoms with Gasteiger partial charge in [-0.1, -0.05) is 60.3 Å². The number of rotatable bonds is 16. The van der Waals surface area contributed by atoms with Crippen LogP contribution in [0, 0.1) is 6.92 Å². The summed E-state index contributed by atoms with van der Waals surface area (Å²) in [7, 11) is 0. The highest BCUT2D eigenvalue weighted by atomic mass is 32.2. The molecule has 4 rings (SSSR count). The molecule has 14 heteroatoms. The van der Waals surface area contributed by atoms with Gasteiger partial charge in [0.15, 0.2) is 17.6 Å². The molecule has 2 amide bonds. The molecule has 0 fully saturated rings. The van der Waals surface area contributed by atoms with Crippen molar-refractivity contribution in [3.63, 3.8) is 0 Å². The fourth-order valence-corrected chi connectivity index (χ4v) is 6.18. The van der Waals surface area contributed by atoms with Gasteiger partial charge in [0.25, 0.3) is 5.91 Å². The van der Waals surface area contributed by atoms with E-state index in [4.69, 9.17) is 14.2 Å². The summed E-state index contributed by atoms with van der Waals surface area (Å²) in [5.74, 6) is -0.915. The van der Waals surface area contributed by atoms with Crippen LogP contribution in [0.25, 0.3) is 0 Å². The number of esters is 2. The lowest BCUT2D eigenvalue weighted by molar-refractivity contribution is -0.123. The molecule has 2 N–H and O–H groups in total. The molecule has 0 aliphatic rings. The molecule has 2 aromatic heterocycles. The number of amides is 2. The highest BCUT2D eigenvalue weighted by Gasteiger charge is 2.27. The van der Waals surface area contributed by atoms with E-state index in [1.165, 1.54) is 0 Å². The van der Waals surface area contributed by atoms with Crippen LogP contribution in [0.1, 0.15) is 50.8 Å². The smallest absolute Gasteiger partial charge is 0.348 e. The summed E-state index contributed by atoms with van der Waals surface area (Å²) in [4.78, 5) is 51.0. The molecule has 0 saturated carbocycles. The second-order valence-electron chi connectivity index (χ2n) is 9.70. The normalized spacial score (nSPS) is 10.7. The standard InChI is InChI=1S/C32H35N5O7S2/c1-4-42-30(40)27-21(3)28(31(41)43-5-2)46-29(27)34-26(39)20-45-32-36-35-24(37(32)17-16-22-12-8-6-9-13-22)18-33-25(38)19-44-23-14-10-7-11-15-23/h6-15H,4-5,16-20H2,1-3H3,(H,33,38)(H,34,39). The van der Waals surface area contributed by atoms with E-state index >= 15 is 0 Å². The van der Waals surface area contributed by atoms with Crippen LogP contribution in [0.3, 0.4) is 0 Å². The van der Waals surface area contributed by atoms with E-state index in [9.17, 15) is 19.2 Å². The number of carbonyl (C=O) groups is 4. The fourth-order valence-electron chi connectivity index (χ4n) is 4.30. The van der Waals surface area contributed by atoms with Crippen molar-refractivity contribution in [2.75, 3.05) is 30.9 Å². The number of aromatic nitrogens is 3. The molecule has 2 aromatic carbocycles. The summed E-state index contributed by atoms with van der Waals surface area (Å²) in [6, 6.07) is 18.9. The first-order valence-electron chi connectivity index (χ1n) is 14.6. The maximum atomic E-state index is 13.1. The molecule has 0 aliphatic heterocycles. The second-order valence-corrected chi connectivity index (χ2v) is 11.7. The Kier molecular flexibility index (Phi) is 12.7. The summed E-state index contributed by atoms with van der Waals surface area (Å²) >= 11 is 2.12. The molecule has 46 heavy (non-hydrogen) atoms. The van der Waals surface area contributed by atoms with Crippen molar-refractivity contribution in [3.8, 4) is 5.75 Å². The quantitative estimate of drug-likeness (QED) is 0.128. The number of aryl methyl sites for hydroxylation is 1. The summed E-state index contributed by atoms with van der Waals surface area (Å²) in [5.41, 5.74) is 1.60. The Morgan fingerprint density at radius 1 is 0.891 bits per heavy atom. The minimum absolute atomic E-state index is 0.0608. The number of nitrogens with zero attached hydrogens (tertiary/aromatic N) is 3. The topological polar surface area (TPSA) is 151 Å². The number of para-hydroxylation sites is 1. The summed E-state index contributed by atoms with van der Waals surface area (Å²) in [6.07, 6.45) is 0.671. The van der Waals surface area contributed by atoms with Gasteiger partial charge in [0.1, 0.15) is 15.6 Å². The molecule has 0 radical (unpaired) electrons. The summed E-state index contributed by atoms with van der Waals surface area (Å²) < 4.78 is 17.7. The first-order chi connectivity index (χ1) is 22.3. The molecule has 4 aromatic rings. The SMILES string of the molecule is CCOC(=O)c1sc(NC(=O)CSc2nnc(CNC(=O)COc3ccccc3)n2CCc2ccccc2)c(C(=O)OCC)c1C. The van der Waals surface area contributed by atoms with E-state index < -0.39 is 17.8 Å². The van der Waals surface area contributed by atoms with Crippen LogP contribution in [0.5, 0.6) is 5.75 Å². The molecule has 0 bridgehead atoms. The zero-order chi connectivity index (χ0) is 32.9.